The summed E-state index contributed by atoms with van der Waals surface area (Å²) in [6.45, 7) is 17.1. The van der Waals surface area contributed by atoms with E-state index in [0.29, 0.717) is 71.7 Å². The Morgan fingerprint density at radius 1 is 0.513 bits per heavy atom. The lowest BCUT2D eigenvalue weighted by molar-refractivity contribution is 0.0502. The lowest BCUT2D eigenvalue weighted by Gasteiger charge is -2.26. The van der Waals surface area contributed by atoms with Crippen LogP contribution in [0.25, 0.3) is 0 Å². The van der Waals surface area contributed by atoms with Crippen molar-refractivity contribution in [2.24, 2.45) is 0 Å². The molecule has 0 unspecified atom stereocenters. The first-order valence-corrected chi connectivity index (χ1v) is 14.7. The third-order valence-corrected chi connectivity index (χ3v) is 6.85. The van der Waals surface area contributed by atoms with Gasteiger partial charge in [0.2, 0.25) is 0 Å². The Hall–Kier alpha value is -1.38. The molecule has 2 fully saturated rings. The second kappa shape index (κ2) is 21.4. The molecule has 1 aromatic rings. The number of rotatable bonds is 4. The molecule has 11 heteroatoms. The van der Waals surface area contributed by atoms with Crippen LogP contribution in [0.5, 0.6) is 5.75 Å². The topological polar surface area (TPSA) is 112 Å². The minimum atomic E-state index is 0.412. The monoisotopic (exact) mass is 552 g/mol. The van der Waals surface area contributed by atoms with Crippen molar-refractivity contribution < 1.29 is 24.1 Å². The Morgan fingerprint density at radius 2 is 0.846 bits per heavy atom. The number of nitrogens with zero attached hydrogens (tertiary/aromatic N) is 2. The molecule has 224 valence electrons. The molecule has 0 aromatic heterocycles. The number of para-hydroxylation sites is 1. The molecule has 5 N–H and O–H groups in total. The predicted molar refractivity (Wildman–Crippen MR) is 153 cm³/mol. The number of hydrogen-bond donors (Lipinski definition) is 5. The number of phenolic OH excluding ortho intramolecular Hbond substituents is 1. The summed E-state index contributed by atoms with van der Waals surface area (Å²) in [5.74, 6) is 0.412. The average Bonchev–Trinajstić information content (AvgIpc) is 2.96. The van der Waals surface area contributed by atoms with Crippen molar-refractivity contribution in [1.29, 1.82) is 0 Å². The van der Waals surface area contributed by atoms with Gasteiger partial charge in [-0.05, 0) is 0 Å². The molecule has 2 aliphatic heterocycles. The van der Waals surface area contributed by atoms with Gasteiger partial charge < -0.3 is 45.3 Å². The van der Waals surface area contributed by atoms with Crippen LogP contribution in [0.3, 0.4) is 0 Å². The zero-order chi connectivity index (χ0) is 27.2. The summed E-state index contributed by atoms with van der Waals surface area (Å²) in [4.78, 5) is 4.78. The maximum absolute atomic E-state index is 11.3. The highest BCUT2D eigenvalue weighted by molar-refractivity contribution is 5.40. The summed E-state index contributed by atoms with van der Waals surface area (Å²) >= 11 is 0. The summed E-state index contributed by atoms with van der Waals surface area (Å²) < 4.78 is 22.4. The van der Waals surface area contributed by atoms with E-state index in [1.54, 1.807) is 0 Å². The number of nitrogens with one attached hydrogen (secondary N) is 4. The van der Waals surface area contributed by atoms with Gasteiger partial charge in [0.25, 0.3) is 0 Å². The molecule has 39 heavy (non-hydrogen) atoms. The van der Waals surface area contributed by atoms with E-state index in [-0.39, 0.29) is 0 Å². The second-order valence-electron chi connectivity index (χ2n) is 9.93. The molecule has 0 radical (unpaired) electrons. The van der Waals surface area contributed by atoms with Gasteiger partial charge in [0.05, 0.1) is 52.9 Å². The highest BCUT2D eigenvalue weighted by atomic mass is 16.5. The number of phenols is 1. The van der Waals surface area contributed by atoms with Crippen LogP contribution in [0.2, 0.25) is 0 Å². The van der Waals surface area contributed by atoms with E-state index < -0.39 is 0 Å². The molecule has 1 aromatic carbocycles. The first-order chi connectivity index (χ1) is 19.3. The Balaban J connectivity index is 1.56. The van der Waals surface area contributed by atoms with E-state index in [9.17, 15) is 5.11 Å². The summed E-state index contributed by atoms with van der Waals surface area (Å²) in [5.41, 5.74) is 1.95. The number of aromatic hydroxyl groups is 1. The molecule has 0 aliphatic carbocycles. The molecule has 2 aliphatic rings. The standard InChI is InChI=1S/C28H52N6O5/c35-28-26(24-33-12-4-29-8-16-36-20-21-37-17-9-30-5-13-33)2-1-3-27(28)25-34-14-6-31-10-18-38-22-23-39-19-11-32-7-15-34/h1-3,29-32,35H,4-25H2. The van der Waals surface area contributed by atoms with E-state index in [1.807, 2.05) is 12.1 Å². The first-order valence-electron chi connectivity index (χ1n) is 14.7. The van der Waals surface area contributed by atoms with E-state index in [0.717, 1.165) is 89.7 Å². The van der Waals surface area contributed by atoms with Crippen molar-refractivity contribution in [1.82, 2.24) is 31.1 Å². The summed E-state index contributed by atoms with van der Waals surface area (Å²) in [6.07, 6.45) is 0. The van der Waals surface area contributed by atoms with Gasteiger partial charge in [-0.15, -0.1) is 0 Å². The van der Waals surface area contributed by atoms with E-state index >= 15 is 0 Å². The van der Waals surface area contributed by atoms with Gasteiger partial charge in [0.1, 0.15) is 5.75 Å². The van der Waals surface area contributed by atoms with Crippen molar-refractivity contribution in [3.63, 3.8) is 0 Å². The van der Waals surface area contributed by atoms with Crippen LogP contribution in [0.4, 0.5) is 0 Å². The maximum Gasteiger partial charge on any atom is 0.124 e. The molecular formula is C28H52N6O5. The fraction of sp³-hybridized carbons (Fsp3) is 0.786. The fourth-order valence-electron chi connectivity index (χ4n) is 4.59. The van der Waals surface area contributed by atoms with Crippen molar-refractivity contribution in [3.05, 3.63) is 29.3 Å². The molecule has 0 bridgehead atoms. The van der Waals surface area contributed by atoms with Crippen LogP contribution in [0.15, 0.2) is 18.2 Å². The number of ether oxygens (including phenoxy) is 4. The van der Waals surface area contributed by atoms with E-state index in [1.165, 1.54) is 0 Å². The van der Waals surface area contributed by atoms with Crippen molar-refractivity contribution in [2.75, 3.05) is 131 Å². The van der Waals surface area contributed by atoms with Crippen LogP contribution < -0.4 is 21.3 Å². The summed E-state index contributed by atoms with van der Waals surface area (Å²) in [5, 5.41) is 25.1. The zero-order valence-electron chi connectivity index (χ0n) is 23.8. The van der Waals surface area contributed by atoms with Gasteiger partial charge >= 0.3 is 0 Å². The SMILES string of the molecule is Oc1c(CN2CCNCCOCCOCCNCC2)cccc1CN1CCNCCOCCOCCNCC1. The predicted octanol–water partition coefficient (Wildman–Crippen LogP) is -0.552. The van der Waals surface area contributed by atoms with Crippen LogP contribution in [0, 0.1) is 0 Å². The zero-order valence-corrected chi connectivity index (χ0v) is 23.8. The molecule has 0 saturated carbocycles. The van der Waals surface area contributed by atoms with Gasteiger partial charge in [-0.25, -0.2) is 0 Å². The molecule has 0 amide bonds. The molecule has 0 spiro atoms. The largest absolute Gasteiger partial charge is 0.507 e. The van der Waals surface area contributed by atoms with Gasteiger partial charge in [-0.2, -0.15) is 0 Å². The fourth-order valence-corrected chi connectivity index (χ4v) is 4.59. The Morgan fingerprint density at radius 3 is 1.18 bits per heavy atom. The van der Waals surface area contributed by atoms with E-state index in [2.05, 4.69) is 37.1 Å². The van der Waals surface area contributed by atoms with Crippen molar-refractivity contribution in [2.45, 2.75) is 13.1 Å². The third-order valence-electron chi connectivity index (χ3n) is 6.85. The van der Waals surface area contributed by atoms with Crippen LogP contribution >= 0.6 is 0 Å². The average molecular weight is 553 g/mol. The van der Waals surface area contributed by atoms with Crippen LogP contribution in [-0.2, 0) is 32.0 Å². The Bertz CT molecular complexity index is 658. The third kappa shape index (κ3) is 14.7. The molecule has 3 rings (SSSR count). The van der Waals surface area contributed by atoms with Gasteiger partial charge in [0.15, 0.2) is 0 Å². The van der Waals surface area contributed by atoms with Gasteiger partial charge in [0, 0.05) is 103 Å². The maximum atomic E-state index is 11.3. The Kier molecular flexibility index (Phi) is 17.6. The number of benzene rings is 1. The molecule has 0 atom stereocenters. The quantitative estimate of drug-likeness (QED) is 0.332. The van der Waals surface area contributed by atoms with Gasteiger partial charge in [-0.1, -0.05) is 18.2 Å². The Labute approximate surface area is 234 Å². The van der Waals surface area contributed by atoms with E-state index in [4.69, 9.17) is 18.9 Å². The molecule has 2 saturated heterocycles. The summed E-state index contributed by atoms with van der Waals surface area (Å²) in [7, 11) is 0. The molecule has 11 nitrogen and oxygen atoms in total. The smallest absolute Gasteiger partial charge is 0.124 e. The second-order valence-corrected chi connectivity index (χ2v) is 9.93. The van der Waals surface area contributed by atoms with Gasteiger partial charge in [-0.3, -0.25) is 9.80 Å². The minimum absolute atomic E-state index is 0.412. The highest BCUT2D eigenvalue weighted by Crippen LogP contribution is 2.25. The minimum Gasteiger partial charge on any atom is -0.507 e. The lowest BCUT2D eigenvalue weighted by Crippen LogP contribution is -2.38. The van der Waals surface area contributed by atoms with Crippen molar-refractivity contribution in [3.8, 4) is 5.75 Å². The molecule has 2 heterocycles. The van der Waals surface area contributed by atoms with Crippen LogP contribution in [0.1, 0.15) is 11.1 Å². The normalized spacial score (nSPS) is 22.7. The van der Waals surface area contributed by atoms with Crippen LogP contribution in [-0.4, -0.2) is 146 Å². The van der Waals surface area contributed by atoms with Crippen molar-refractivity contribution >= 4 is 0 Å². The first kappa shape index (κ1) is 32.1. The number of hydrogen-bond acceptors (Lipinski definition) is 11. The summed E-state index contributed by atoms with van der Waals surface area (Å²) in [6, 6.07) is 6.17. The lowest BCUT2D eigenvalue weighted by atomic mass is 10.1. The molecular weight excluding hydrogens is 500 g/mol. The highest BCUT2D eigenvalue weighted by Gasteiger charge is 2.15.